The summed E-state index contributed by atoms with van der Waals surface area (Å²) in [6.45, 7) is 6.42. The van der Waals surface area contributed by atoms with Crippen molar-refractivity contribution in [3.8, 4) is 0 Å². The van der Waals surface area contributed by atoms with E-state index in [-0.39, 0.29) is 23.6 Å². The number of rotatable bonds is 6. The predicted octanol–water partition coefficient (Wildman–Crippen LogP) is 1.57. The number of amides is 1. The van der Waals surface area contributed by atoms with Gasteiger partial charge >= 0.3 is 0 Å². The van der Waals surface area contributed by atoms with Crippen molar-refractivity contribution < 1.29 is 13.2 Å². The number of hydrogen-bond acceptors (Lipinski definition) is 3. The van der Waals surface area contributed by atoms with Crippen LogP contribution < -0.4 is 5.32 Å². The van der Waals surface area contributed by atoms with Gasteiger partial charge in [-0.25, -0.2) is 12.7 Å². The lowest BCUT2D eigenvalue weighted by atomic mass is 9.94. The van der Waals surface area contributed by atoms with E-state index < -0.39 is 15.4 Å². The van der Waals surface area contributed by atoms with Gasteiger partial charge in [0.2, 0.25) is 15.9 Å². The highest BCUT2D eigenvalue weighted by Crippen LogP contribution is 2.20. The maximum atomic E-state index is 12.0. The number of sulfonamides is 1. The van der Waals surface area contributed by atoms with Gasteiger partial charge < -0.3 is 5.32 Å². The number of hydrogen-bond donors (Lipinski definition) is 1. The average molecular weight is 325 g/mol. The van der Waals surface area contributed by atoms with E-state index in [1.54, 1.807) is 13.8 Å². The fourth-order valence-corrected chi connectivity index (χ4v) is 3.77. The molecule has 0 aromatic rings. The Labute approximate surface area is 127 Å². The predicted molar refractivity (Wildman–Crippen MR) is 81.3 cm³/mol. The minimum atomic E-state index is -3.12. The minimum Gasteiger partial charge on any atom is -0.353 e. The summed E-state index contributed by atoms with van der Waals surface area (Å²) in [6.07, 6.45) is 1.95. The summed E-state index contributed by atoms with van der Waals surface area (Å²) in [5.41, 5.74) is -0.590. The third-order valence-corrected chi connectivity index (χ3v) is 6.34. The van der Waals surface area contributed by atoms with Gasteiger partial charge in [0.25, 0.3) is 0 Å². The van der Waals surface area contributed by atoms with Crippen molar-refractivity contribution in [3.63, 3.8) is 0 Å². The molecule has 1 aliphatic heterocycles. The number of nitrogens with zero attached hydrogens (tertiary/aromatic N) is 1. The number of nitrogens with one attached hydrogen (secondary N) is 1. The molecule has 0 radical (unpaired) electrons. The van der Waals surface area contributed by atoms with Crippen molar-refractivity contribution in [3.05, 3.63) is 0 Å². The Hall–Kier alpha value is -0.330. The lowest BCUT2D eigenvalue weighted by Crippen LogP contribution is -2.50. The third-order valence-electron chi connectivity index (χ3n) is 3.59. The van der Waals surface area contributed by atoms with E-state index in [1.165, 1.54) is 4.31 Å². The Balaban J connectivity index is 2.49. The third kappa shape index (κ3) is 4.60. The van der Waals surface area contributed by atoms with Gasteiger partial charge in [0.05, 0.1) is 11.2 Å². The Morgan fingerprint density at radius 3 is 2.35 bits per heavy atom. The molecule has 1 amide bonds. The molecule has 0 saturated carbocycles. The second-order valence-corrected chi connectivity index (χ2v) is 8.34. The molecule has 1 aliphatic rings. The average Bonchev–Trinajstić information content (AvgIpc) is 2.39. The number of piperidine rings is 1. The number of carbonyl (C=O) groups excluding carboxylic acids is 1. The Bertz CT molecular complexity index is 429. The van der Waals surface area contributed by atoms with Crippen LogP contribution in [0.5, 0.6) is 0 Å². The molecule has 0 spiro atoms. The maximum absolute atomic E-state index is 12.0. The van der Waals surface area contributed by atoms with Gasteiger partial charge in [-0.05, 0) is 33.1 Å². The van der Waals surface area contributed by atoms with Crippen molar-refractivity contribution in [1.29, 1.82) is 0 Å². The van der Waals surface area contributed by atoms with Crippen LogP contribution in [0.25, 0.3) is 0 Å². The molecule has 0 unspecified atom stereocenters. The van der Waals surface area contributed by atoms with Crippen LogP contribution >= 0.6 is 11.6 Å². The molecule has 1 saturated heterocycles. The summed E-state index contributed by atoms with van der Waals surface area (Å²) in [5.74, 6) is 0.397. The van der Waals surface area contributed by atoms with E-state index in [9.17, 15) is 13.2 Å². The highest BCUT2D eigenvalue weighted by Gasteiger charge is 2.31. The Kier molecular flexibility index (Phi) is 6.28. The normalized spacial score (nSPS) is 19.0. The molecule has 1 fully saturated rings. The topological polar surface area (TPSA) is 66.5 Å². The number of halogens is 1. The molecule has 7 heteroatoms. The lowest BCUT2D eigenvalue weighted by molar-refractivity contribution is -0.129. The van der Waals surface area contributed by atoms with Crippen molar-refractivity contribution in [2.24, 2.45) is 5.41 Å². The summed E-state index contributed by atoms with van der Waals surface area (Å²) < 4.78 is 25.4. The molecule has 118 valence electrons. The van der Waals surface area contributed by atoms with Gasteiger partial charge in [0.15, 0.2) is 0 Å². The van der Waals surface area contributed by atoms with Gasteiger partial charge in [-0.3, -0.25) is 4.79 Å². The van der Waals surface area contributed by atoms with Crippen LogP contribution in [-0.2, 0) is 14.8 Å². The standard InChI is InChI=1S/C13H25ClN2O3S/c1-4-9-20(18,19)16-7-5-11(6-8-16)15-12(17)13(2,3)10-14/h11H,4-10H2,1-3H3,(H,15,17). The van der Waals surface area contributed by atoms with Crippen molar-refractivity contribution in [2.45, 2.75) is 46.1 Å². The van der Waals surface area contributed by atoms with Gasteiger partial charge in [-0.2, -0.15) is 0 Å². The first-order valence-corrected chi connectivity index (χ1v) is 9.22. The molecule has 0 atom stereocenters. The second-order valence-electron chi connectivity index (χ2n) is 5.98. The lowest BCUT2D eigenvalue weighted by Gasteiger charge is -2.33. The zero-order chi connectivity index (χ0) is 15.4. The number of alkyl halides is 1. The van der Waals surface area contributed by atoms with Crippen LogP contribution in [0.1, 0.15) is 40.0 Å². The van der Waals surface area contributed by atoms with Gasteiger partial charge in [0.1, 0.15) is 0 Å². The van der Waals surface area contributed by atoms with E-state index in [0.717, 1.165) is 0 Å². The highest BCUT2D eigenvalue weighted by molar-refractivity contribution is 7.89. The van der Waals surface area contributed by atoms with E-state index >= 15 is 0 Å². The molecule has 1 rings (SSSR count). The van der Waals surface area contributed by atoms with Crippen molar-refractivity contribution in [2.75, 3.05) is 24.7 Å². The zero-order valence-corrected chi connectivity index (χ0v) is 14.1. The van der Waals surface area contributed by atoms with E-state index in [1.807, 2.05) is 6.92 Å². The molecule has 0 aromatic heterocycles. The van der Waals surface area contributed by atoms with E-state index in [2.05, 4.69) is 5.32 Å². The molecule has 1 N–H and O–H groups in total. The molecule has 5 nitrogen and oxygen atoms in total. The largest absolute Gasteiger partial charge is 0.353 e. The van der Waals surface area contributed by atoms with Crippen LogP contribution in [0.3, 0.4) is 0 Å². The number of carbonyl (C=O) groups is 1. The fourth-order valence-electron chi connectivity index (χ4n) is 2.11. The molecule has 0 aromatic carbocycles. The molecule has 20 heavy (non-hydrogen) atoms. The van der Waals surface area contributed by atoms with E-state index in [0.29, 0.717) is 32.4 Å². The van der Waals surface area contributed by atoms with Gasteiger partial charge in [-0.1, -0.05) is 6.92 Å². The van der Waals surface area contributed by atoms with Crippen LogP contribution in [0.4, 0.5) is 0 Å². The molecule has 0 aliphatic carbocycles. The van der Waals surface area contributed by atoms with Crippen molar-refractivity contribution in [1.82, 2.24) is 9.62 Å². The van der Waals surface area contributed by atoms with Crippen molar-refractivity contribution >= 4 is 27.5 Å². The highest BCUT2D eigenvalue weighted by atomic mass is 35.5. The van der Waals surface area contributed by atoms with E-state index in [4.69, 9.17) is 11.6 Å². The minimum absolute atomic E-state index is 0.0399. The van der Waals surface area contributed by atoms with Crippen LogP contribution in [0.15, 0.2) is 0 Å². The Morgan fingerprint density at radius 2 is 1.90 bits per heavy atom. The SMILES string of the molecule is CCCS(=O)(=O)N1CCC(NC(=O)C(C)(C)CCl)CC1. The first-order chi connectivity index (χ1) is 9.23. The van der Waals surface area contributed by atoms with Crippen LogP contribution in [-0.4, -0.2) is 49.4 Å². The maximum Gasteiger partial charge on any atom is 0.227 e. The Morgan fingerprint density at radius 1 is 1.35 bits per heavy atom. The van der Waals surface area contributed by atoms with Crippen LogP contribution in [0.2, 0.25) is 0 Å². The summed E-state index contributed by atoms with van der Waals surface area (Å²) in [5, 5.41) is 2.97. The molecule has 0 bridgehead atoms. The van der Waals surface area contributed by atoms with Gasteiger partial charge in [-0.15, -0.1) is 11.6 Å². The summed E-state index contributed by atoms with van der Waals surface area (Å²) in [6, 6.07) is 0.0399. The molecule has 1 heterocycles. The molecular formula is C13H25ClN2O3S. The summed E-state index contributed by atoms with van der Waals surface area (Å²) in [7, 11) is -3.12. The quantitative estimate of drug-likeness (QED) is 0.754. The fraction of sp³-hybridized carbons (Fsp3) is 0.923. The van der Waals surface area contributed by atoms with Gasteiger partial charge in [0, 0.05) is 25.0 Å². The molecular weight excluding hydrogens is 300 g/mol. The summed E-state index contributed by atoms with van der Waals surface area (Å²) in [4.78, 5) is 12.0. The first-order valence-electron chi connectivity index (χ1n) is 7.07. The monoisotopic (exact) mass is 324 g/mol. The first kappa shape index (κ1) is 17.7. The smallest absolute Gasteiger partial charge is 0.227 e. The second kappa shape index (κ2) is 7.09. The zero-order valence-electron chi connectivity index (χ0n) is 12.5. The summed E-state index contributed by atoms with van der Waals surface area (Å²) >= 11 is 5.78. The van der Waals surface area contributed by atoms with Crippen LogP contribution in [0, 0.1) is 5.41 Å².